The molecular weight excluding hydrogens is 192 g/mol. The summed E-state index contributed by atoms with van der Waals surface area (Å²) in [5, 5.41) is 0. The minimum absolute atomic E-state index is 0.0276. The molecule has 0 spiro atoms. The molecule has 1 unspecified atom stereocenters. The number of anilines is 2. The van der Waals surface area contributed by atoms with Crippen LogP contribution in [0.15, 0.2) is 18.2 Å². The Labute approximate surface area is 87.7 Å². The maximum absolute atomic E-state index is 11.8. The molecule has 0 fully saturated rings. The number of hydrogen-bond acceptors (Lipinski definition) is 3. The zero-order chi connectivity index (χ0) is 11.2. The van der Waals surface area contributed by atoms with Crippen molar-refractivity contribution in [3.8, 4) is 0 Å². The Kier molecular flexibility index (Phi) is 2.00. The van der Waals surface area contributed by atoms with Gasteiger partial charge in [0.05, 0.1) is 11.7 Å². The summed E-state index contributed by atoms with van der Waals surface area (Å²) in [4.78, 5) is 24.7. The molecule has 0 radical (unpaired) electrons. The SMILES string of the molecule is CC(=O)N1c2cc(N)ccc2C(=O)C1C. The van der Waals surface area contributed by atoms with Gasteiger partial charge in [0.1, 0.15) is 0 Å². The predicted molar refractivity (Wildman–Crippen MR) is 57.8 cm³/mol. The maximum Gasteiger partial charge on any atom is 0.224 e. The molecule has 1 aliphatic heterocycles. The molecule has 4 heteroatoms. The normalized spacial score (nSPS) is 19.2. The summed E-state index contributed by atoms with van der Waals surface area (Å²) in [6.07, 6.45) is 0. The van der Waals surface area contributed by atoms with Gasteiger partial charge in [-0.1, -0.05) is 0 Å². The van der Waals surface area contributed by atoms with E-state index in [2.05, 4.69) is 0 Å². The van der Waals surface area contributed by atoms with Gasteiger partial charge in [-0.2, -0.15) is 0 Å². The Bertz CT molecular complexity index is 454. The molecule has 15 heavy (non-hydrogen) atoms. The first kappa shape index (κ1) is 9.71. The highest BCUT2D eigenvalue weighted by Gasteiger charge is 2.36. The first-order chi connectivity index (χ1) is 7.02. The van der Waals surface area contributed by atoms with Crippen LogP contribution in [0.5, 0.6) is 0 Å². The van der Waals surface area contributed by atoms with Crippen molar-refractivity contribution in [2.45, 2.75) is 19.9 Å². The van der Waals surface area contributed by atoms with Crippen LogP contribution in [0.4, 0.5) is 11.4 Å². The zero-order valence-corrected chi connectivity index (χ0v) is 8.65. The number of carbonyl (C=O) groups excluding carboxylic acids is 2. The van der Waals surface area contributed by atoms with Gasteiger partial charge >= 0.3 is 0 Å². The molecule has 2 rings (SSSR count). The third-order valence-corrected chi connectivity index (χ3v) is 2.65. The van der Waals surface area contributed by atoms with Crippen LogP contribution in [-0.4, -0.2) is 17.7 Å². The van der Waals surface area contributed by atoms with Crippen LogP contribution < -0.4 is 10.6 Å². The van der Waals surface area contributed by atoms with Gasteiger partial charge in [-0.3, -0.25) is 9.59 Å². The van der Waals surface area contributed by atoms with Crippen LogP contribution in [-0.2, 0) is 4.79 Å². The summed E-state index contributed by atoms with van der Waals surface area (Å²) in [5.74, 6) is -0.166. The van der Waals surface area contributed by atoms with Crippen molar-refractivity contribution in [3.05, 3.63) is 23.8 Å². The van der Waals surface area contributed by atoms with Crippen molar-refractivity contribution in [2.24, 2.45) is 0 Å². The highest BCUT2D eigenvalue weighted by atomic mass is 16.2. The van der Waals surface area contributed by atoms with Gasteiger partial charge in [-0.05, 0) is 25.1 Å². The molecular formula is C11H12N2O2. The molecule has 0 saturated carbocycles. The molecule has 1 aromatic carbocycles. The highest BCUT2D eigenvalue weighted by Crippen LogP contribution is 2.33. The molecule has 0 bridgehead atoms. The average molecular weight is 204 g/mol. The Morgan fingerprint density at radius 3 is 2.73 bits per heavy atom. The van der Waals surface area contributed by atoms with E-state index in [0.29, 0.717) is 16.9 Å². The fraction of sp³-hybridized carbons (Fsp3) is 0.273. The zero-order valence-electron chi connectivity index (χ0n) is 8.65. The minimum atomic E-state index is -0.417. The van der Waals surface area contributed by atoms with Gasteiger partial charge in [0, 0.05) is 18.2 Å². The number of amides is 1. The molecule has 1 heterocycles. The van der Waals surface area contributed by atoms with Crippen molar-refractivity contribution in [1.82, 2.24) is 0 Å². The lowest BCUT2D eigenvalue weighted by Crippen LogP contribution is -2.36. The number of Topliss-reactive ketones (excluding diaryl/α,β-unsaturated/α-hetero) is 1. The van der Waals surface area contributed by atoms with E-state index in [4.69, 9.17) is 5.73 Å². The van der Waals surface area contributed by atoms with Crippen molar-refractivity contribution < 1.29 is 9.59 Å². The van der Waals surface area contributed by atoms with Crippen LogP contribution in [0.3, 0.4) is 0 Å². The lowest BCUT2D eigenvalue weighted by molar-refractivity contribution is -0.116. The fourth-order valence-electron chi connectivity index (χ4n) is 1.95. The molecule has 1 aromatic rings. The number of nitrogens with zero attached hydrogens (tertiary/aromatic N) is 1. The van der Waals surface area contributed by atoms with E-state index in [1.54, 1.807) is 25.1 Å². The average Bonchev–Trinajstić information content (AvgIpc) is 2.39. The number of benzene rings is 1. The number of ketones is 1. The number of rotatable bonds is 0. The molecule has 0 saturated heterocycles. The second-order valence-electron chi connectivity index (χ2n) is 3.71. The molecule has 78 valence electrons. The number of hydrogen-bond donors (Lipinski definition) is 1. The van der Waals surface area contributed by atoms with Crippen LogP contribution in [0, 0.1) is 0 Å². The summed E-state index contributed by atoms with van der Waals surface area (Å²) in [7, 11) is 0. The van der Waals surface area contributed by atoms with Gasteiger partial charge in [-0.15, -0.1) is 0 Å². The lowest BCUT2D eigenvalue weighted by Gasteiger charge is -2.19. The summed E-state index contributed by atoms with van der Waals surface area (Å²) in [5.41, 5.74) is 7.39. The van der Waals surface area contributed by atoms with Crippen molar-refractivity contribution in [2.75, 3.05) is 10.6 Å². The molecule has 1 atom stereocenters. The molecule has 1 amide bonds. The first-order valence-electron chi connectivity index (χ1n) is 4.76. The second-order valence-corrected chi connectivity index (χ2v) is 3.71. The predicted octanol–water partition coefficient (Wildman–Crippen LogP) is 1.21. The van der Waals surface area contributed by atoms with Crippen LogP contribution in [0.1, 0.15) is 24.2 Å². The van der Waals surface area contributed by atoms with Gasteiger partial charge in [0.25, 0.3) is 0 Å². The fourth-order valence-corrected chi connectivity index (χ4v) is 1.95. The molecule has 4 nitrogen and oxygen atoms in total. The third kappa shape index (κ3) is 1.29. The molecule has 1 aliphatic rings. The van der Waals surface area contributed by atoms with Gasteiger partial charge in [-0.25, -0.2) is 0 Å². The molecule has 0 aliphatic carbocycles. The number of nitrogen functional groups attached to an aromatic ring is 1. The highest BCUT2D eigenvalue weighted by molar-refractivity contribution is 6.17. The Hall–Kier alpha value is -1.84. The molecule has 2 N–H and O–H groups in total. The van der Waals surface area contributed by atoms with E-state index in [1.807, 2.05) is 0 Å². The topological polar surface area (TPSA) is 63.4 Å². The van der Waals surface area contributed by atoms with E-state index < -0.39 is 6.04 Å². The third-order valence-electron chi connectivity index (χ3n) is 2.65. The Morgan fingerprint density at radius 1 is 1.47 bits per heavy atom. The minimum Gasteiger partial charge on any atom is -0.399 e. The number of carbonyl (C=O) groups is 2. The van der Waals surface area contributed by atoms with E-state index in [1.165, 1.54) is 11.8 Å². The van der Waals surface area contributed by atoms with Crippen LogP contribution in [0.2, 0.25) is 0 Å². The van der Waals surface area contributed by atoms with Crippen molar-refractivity contribution in [3.63, 3.8) is 0 Å². The van der Waals surface area contributed by atoms with Crippen LogP contribution in [0.25, 0.3) is 0 Å². The lowest BCUT2D eigenvalue weighted by atomic mass is 10.1. The van der Waals surface area contributed by atoms with Crippen molar-refractivity contribution >= 4 is 23.1 Å². The summed E-state index contributed by atoms with van der Waals surface area (Å²) in [6.45, 7) is 3.17. The summed E-state index contributed by atoms with van der Waals surface area (Å²) < 4.78 is 0. The van der Waals surface area contributed by atoms with E-state index in [0.717, 1.165) is 0 Å². The largest absolute Gasteiger partial charge is 0.399 e. The quantitative estimate of drug-likeness (QED) is 0.646. The summed E-state index contributed by atoms with van der Waals surface area (Å²) in [6, 6.07) is 4.59. The standard InChI is InChI=1S/C11H12N2O2/c1-6-11(15)9-4-3-8(12)5-10(9)13(6)7(2)14/h3-6H,12H2,1-2H3. The monoisotopic (exact) mass is 204 g/mol. The van der Waals surface area contributed by atoms with Gasteiger partial charge < -0.3 is 10.6 Å². The van der Waals surface area contributed by atoms with Crippen LogP contribution >= 0.6 is 0 Å². The summed E-state index contributed by atoms with van der Waals surface area (Å²) >= 11 is 0. The smallest absolute Gasteiger partial charge is 0.224 e. The maximum atomic E-state index is 11.8. The van der Waals surface area contributed by atoms with E-state index in [-0.39, 0.29) is 11.7 Å². The second kappa shape index (κ2) is 3.08. The van der Waals surface area contributed by atoms with E-state index >= 15 is 0 Å². The Balaban J connectivity index is 2.61. The van der Waals surface area contributed by atoms with Gasteiger partial charge in [0.15, 0.2) is 5.78 Å². The first-order valence-corrected chi connectivity index (χ1v) is 4.76. The molecule has 0 aromatic heterocycles. The van der Waals surface area contributed by atoms with Gasteiger partial charge in [0.2, 0.25) is 5.91 Å². The Morgan fingerprint density at radius 2 is 2.13 bits per heavy atom. The number of fused-ring (bicyclic) bond motifs is 1. The number of nitrogens with two attached hydrogens (primary N) is 1. The van der Waals surface area contributed by atoms with Crippen molar-refractivity contribution in [1.29, 1.82) is 0 Å². The van der Waals surface area contributed by atoms with E-state index in [9.17, 15) is 9.59 Å².